The molecule has 5 heteroatoms. The summed E-state index contributed by atoms with van der Waals surface area (Å²) in [6.45, 7) is 1.52. The van der Waals surface area contributed by atoms with Crippen LogP contribution in [0, 0.1) is 0 Å². The Morgan fingerprint density at radius 1 is 1.17 bits per heavy atom. The highest BCUT2D eigenvalue weighted by atomic mass is 35.5. The lowest BCUT2D eigenvalue weighted by Crippen LogP contribution is -2.17. The number of hydrogen-bond acceptors (Lipinski definition) is 4. The highest BCUT2D eigenvalue weighted by molar-refractivity contribution is 6.29. The van der Waals surface area contributed by atoms with Crippen LogP contribution >= 0.6 is 11.6 Å². The minimum Gasteiger partial charge on any atom is -0.463 e. The first-order valence-electron chi connectivity index (χ1n) is 7.03. The standard InChI is InChI=1S/C18H13ClO4/c1-11(19)18(21)23-13-7-8-14-16(9-13)22-10-15(17(14)20)12-5-3-2-4-6-12/h2-11H,1H3. The predicted octanol–water partition coefficient (Wildman–Crippen LogP) is 3.99. The largest absolute Gasteiger partial charge is 0.463 e. The Balaban J connectivity index is 2.04. The van der Waals surface area contributed by atoms with Crippen LogP contribution in [-0.2, 0) is 4.79 Å². The first-order valence-corrected chi connectivity index (χ1v) is 7.46. The van der Waals surface area contributed by atoms with Gasteiger partial charge >= 0.3 is 5.97 Å². The predicted molar refractivity (Wildman–Crippen MR) is 88.9 cm³/mol. The van der Waals surface area contributed by atoms with Gasteiger partial charge in [0.15, 0.2) is 5.43 Å². The lowest BCUT2D eigenvalue weighted by molar-refractivity contribution is -0.133. The molecule has 1 heterocycles. The molecule has 0 aliphatic rings. The van der Waals surface area contributed by atoms with Crippen LogP contribution in [0.2, 0.25) is 0 Å². The van der Waals surface area contributed by atoms with Gasteiger partial charge in [-0.1, -0.05) is 30.3 Å². The molecule has 0 radical (unpaired) electrons. The number of carbonyl (C=O) groups is 1. The van der Waals surface area contributed by atoms with Crippen molar-refractivity contribution >= 4 is 28.5 Å². The molecule has 0 aliphatic carbocycles. The molecule has 1 atom stereocenters. The van der Waals surface area contributed by atoms with Gasteiger partial charge in [-0.25, -0.2) is 0 Å². The second-order valence-corrected chi connectivity index (χ2v) is 5.69. The molecule has 116 valence electrons. The van der Waals surface area contributed by atoms with E-state index in [0.29, 0.717) is 16.5 Å². The van der Waals surface area contributed by atoms with Crippen molar-refractivity contribution in [2.45, 2.75) is 12.3 Å². The summed E-state index contributed by atoms with van der Waals surface area (Å²) in [7, 11) is 0. The van der Waals surface area contributed by atoms with Gasteiger partial charge in [-0.05, 0) is 24.6 Å². The molecule has 3 aromatic rings. The van der Waals surface area contributed by atoms with E-state index in [0.717, 1.165) is 5.56 Å². The van der Waals surface area contributed by atoms with E-state index in [2.05, 4.69) is 0 Å². The molecule has 2 aromatic carbocycles. The van der Waals surface area contributed by atoms with Gasteiger partial charge in [0.1, 0.15) is 23.0 Å². The fraction of sp³-hybridized carbons (Fsp3) is 0.111. The number of hydrogen-bond donors (Lipinski definition) is 0. The smallest absolute Gasteiger partial charge is 0.329 e. The zero-order valence-corrected chi connectivity index (χ0v) is 13.0. The Labute approximate surface area is 137 Å². The van der Waals surface area contributed by atoms with E-state index >= 15 is 0 Å². The molecule has 0 aliphatic heterocycles. The normalized spacial score (nSPS) is 12.1. The molecule has 0 saturated heterocycles. The maximum Gasteiger partial charge on any atom is 0.329 e. The quantitative estimate of drug-likeness (QED) is 0.414. The third kappa shape index (κ3) is 3.12. The Hall–Kier alpha value is -2.59. The van der Waals surface area contributed by atoms with Crippen LogP contribution in [0.4, 0.5) is 0 Å². The molecular formula is C18H13ClO4. The molecule has 0 saturated carbocycles. The number of ether oxygens (including phenoxy) is 1. The number of carbonyl (C=O) groups excluding carboxylic acids is 1. The lowest BCUT2D eigenvalue weighted by Gasteiger charge is -2.07. The Kier molecular flexibility index (Phi) is 4.17. The van der Waals surface area contributed by atoms with Crippen LogP contribution in [-0.4, -0.2) is 11.3 Å². The Bertz CT molecular complexity index is 913. The fourth-order valence-corrected chi connectivity index (χ4v) is 2.23. The van der Waals surface area contributed by atoms with Crippen molar-refractivity contribution in [3.05, 3.63) is 65.0 Å². The molecule has 1 unspecified atom stereocenters. The van der Waals surface area contributed by atoms with Gasteiger partial charge in [-0.3, -0.25) is 9.59 Å². The highest BCUT2D eigenvalue weighted by Gasteiger charge is 2.14. The maximum absolute atomic E-state index is 12.6. The SMILES string of the molecule is CC(Cl)C(=O)Oc1ccc2c(=O)c(-c3ccccc3)coc2c1. The summed E-state index contributed by atoms with van der Waals surface area (Å²) in [5.74, 6) is -0.278. The van der Waals surface area contributed by atoms with Gasteiger partial charge in [0.25, 0.3) is 0 Å². The van der Waals surface area contributed by atoms with Gasteiger partial charge in [0.2, 0.25) is 0 Å². The molecule has 0 N–H and O–H groups in total. The molecule has 1 aromatic heterocycles. The van der Waals surface area contributed by atoms with E-state index in [9.17, 15) is 9.59 Å². The molecule has 0 bridgehead atoms. The average Bonchev–Trinajstić information content (AvgIpc) is 2.56. The van der Waals surface area contributed by atoms with Gasteiger partial charge < -0.3 is 9.15 Å². The van der Waals surface area contributed by atoms with Crippen LogP contribution in [0.15, 0.2) is 64.0 Å². The highest BCUT2D eigenvalue weighted by Crippen LogP contribution is 2.23. The molecule has 4 nitrogen and oxygen atoms in total. The third-order valence-electron chi connectivity index (χ3n) is 3.37. The van der Waals surface area contributed by atoms with Crippen LogP contribution in [0.25, 0.3) is 22.1 Å². The first-order chi connectivity index (χ1) is 11.1. The van der Waals surface area contributed by atoms with Gasteiger partial charge in [0.05, 0.1) is 10.9 Å². The number of alkyl halides is 1. The minimum absolute atomic E-state index is 0.138. The number of rotatable bonds is 3. The zero-order chi connectivity index (χ0) is 16.4. The van der Waals surface area contributed by atoms with E-state index in [4.69, 9.17) is 20.8 Å². The second-order valence-electron chi connectivity index (χ2n) is 5.04. The third-order valence-corrected chi connectivity index (χ3v) is 3.55. The summed E-state index contributed by atoms with van der Waals surface area (Å²) < 4.78 is 10.6. The molecule has 3 rings (SSSR count). The van der Waals surface area contributed by atoms with Crippen molar-refractivity contribution in [1.29, 1.82) is 0 Å². The lowest BCUT2D eigenvalue weighted by atomic mass is 10.1. The molecule has 0 amide bonds. The molecule has 0 spiro atoms. The van der Waals surface area contributed by atoms with Crippen molar-refractivity contribution in [1.82, 2.24) is 0 Å². The van der Waals surface area contributed by atoms with Crippen LogP contribution in [0.1, 0.15) is 6.92 Å². The molecule has 23 heavy (non-hydrogen) atoms. The number of fused-ring (bicyclic) bond motifs is 1. The zero-order valence-electron chi connectivity index (χ0n) is 12.3. The topological polar surface area (TPSA) is 56.5 Å². The van der Waals surface area contributed by atoms with Crippen molar-refractivity contribution in [2.75, 3.05) is 0 Å². The molecular weight excluding hydrogens is 316 g/mol. The van der Waals surface area contributed by atoms with Crippen LogP contribution in [0.5, 0.6) is 5.75 Å². The Morgan fingerprint density at radius 3 is 2.61 bits per heavy atom. The van der Waals surface area contributed by atoms with Crippen molar-refractivity contribution in [3.8, 4) is 16.9 Å². The summed E-state index contributed by atoms with van der Waals surface area (Å²) >= 11 is 5.66. The van der Waals surface area contributed by atoms with E-state index in [-0.39, 0.29) is 11.2 Å². The van der Waals surface area contributed by atoms with Gasteiger partial charge in [-0.2, -0.15) is 0 Å². The number of halogens is 1. The Morgan fingerprint density at radius 2 is 1.91 bits per heavy atom. The van der Waals surface area contributed by atoms with Gasteiger partial charge in [0, 0.05) is 6.07 Å². The summed E-state index contributed by atoms with van der Waals surface area (Å²) in [6.07, 6.45) is 1.41. The monoisotopic (exact) mass is 328 g/mol. The summed E-state index contributed by atoms with van der Waals surface area (Å²) in [5, 5.41) is -0.330. The van der Waals surface area contributed by atoms with E-state index in [1.807, 2.05) is 30.3 Å². The van der Waals surface area contributed by atoms with Crippen LogP contribution < -0.4 is 10.2 Å². The van der Waals surface area contributed by atoms with Gasteiger partial charge in [-0.15, -0.1) is 11.6 Å². The van der Waals surface area contributed by atoms with Crippen molar-refractivity contribution < 1.29 is 13.9 Å². The van der Waals surface area contributed by atoms with E-state index in [1.54, 1.807) is 12.1 Å². The van der Waals surface area contributed by atoms with E-state index < -0.39 is 11.3 Å². The number of esters is 1. The average molecular weight is 329 g/mol. The maximum atomic E-state index is 12.6. The first kappa shape index (κ1) is 15.3. The summed E-state index contributed by atoms with van der Waals surface area (Å²) in [6, 6.07) is 13.9. The van der Waals surface area contributed by atoms with Crippen LogP contribution in [0.3, 0.4) is 0 Å². The fourth-order valence-electron chi connectivity index (χ4n) is 2.19. The molecule has 0 fully saturated rings. The summed E-state index contributed by atoms with van der Waals surface area (Å²) in [5.41, 5.74) is 1.48. The second kappa shape index (κ2) is 6.26. The van der Waals surface area contributed by atoms with Crippen molar-refractivity contribution in [3.63, 3.8) is 0 Å². The van der Waals surface area contributed by atoms with Crippen molar-refractivity contribution in [2.24, 2.45) is 0 Å². The summed E-state index contributed by atoms with van der Waals surface area (Å²) in [4.78, 5) is 24.1. The minimum atomic E-state index is -0.752. The van der Waals surface area contributed by atoms with E-state index in [1.165, 1.54) is 19.3 Å². The number of benzene rings is 2.